The van der Waals surface area contributed by atoms with Gasteiger partial charge in [-0.05, 0) is 66.1 Å². The summed E-state index contributed by atoms with van der Waals surface area (Å²) in [6.45, 7) is 4.46. The molecule has 10 heteroatoms. The molecule has 0 saturated heterocycles. The molecule has 4 bridgehead atoms. The van der Waals surface area contributed by atoms with Crippen molar-refractivity contribution in [3.8, 4) is 11.5 Å². The zero-order valence-electron chi connectivity index (χ0n) is 27.6. The number of rotatable bonds is 8. The summed E-state index contributed by atoms with van der Waals surface area (Å²) in [7, 11) is 1.76. The van der Waals surface area contributed by atoms with Gasteiger partial charge in [0.25, 0.3) is 5.91 Å². The molecule has 3 atom stereocenters. The van der Waals surface area contributed by atoms with Crippen molar-refractivity contribution < 1.29 is 23.9 Å². The summed E-state index contributed by atoms with van der Waals surface area (Å²) in [5.41, 5.74) is 2.81. The number of carbonyl (C=O) groups excluding carboxylic acids is 4. The monoisotopic (exact) mass is 649 g/mol. The smallest absolute Gasteiger partial charge is 0.272 e. The minimum Gasteiger partial charge on any atom is -0.457 e. The lowest BCUT2D eigenvalue weighted by Crippen LogP contribution is -2.51. The van der Waals surface area contributed by atoms with Gasteiger partial charge in [0, 0.05) is 38.5 Å². The predicted octanol–water partition coefficient (Wildman–Crippen LogP) is 4.57. The zero-order chi connectivity index (χ0) is 34.0. The molecule has 0 fully saturated rings. The summed E-state index contributed by atoms with van der Waals surface area (Å²) in [5.74, 6) is -0.859. The van der Waals surface area contributed by atoms with Crippen LogP contribution in [0.3, 0.4) is 0 Å². The molecule has 3 aromatic carbocycles. The second kappa shape index (κ2) is 16.0. The third-order valence-electron chi connectivity index (χ3n) is 8.30. The lowest BCUT2D eigenvalue weighted by atomic mass is 9.89. The van der Waals surface area contributed by atoms with E-state index in [-0.39, 0.29) is 48.5 Å². The van der Waals surface area contributed by atoms with Crippen LogP contribution in [0.15, 0.2) is 91.4 Å². The molecule has 48 heavy (non-hydrogen) atoms. The highest BCUT2D eigenvalue weighted by Gasteiger charge is 2.31. The second-order valence-corrected chi connectivity index (χ2v) is 12.8. The van der Waals surface area contributed by atoms with E-state index in [1.54, 1.807) is 17.8 Å². The summed E-state index contributed by atoms with van der Waals surface area (Å²) < 4.78 is 7.85. The van der Waals surface area contributed by atoms with Crippen LogP contribution in [0.1, 0.15) is 53.9 Å². The number of fused-ring (bicyclic) bond motifs is 4. The number of hydrogen-bond donors (Lipinski definition) is 3. The molecule has 3 N–H and O–H groups in total. The molecule has 0 aliphatic carbocycles. The van der Waals surface area contributed by atoms with Gasteiger partial charge in [-0.1, -0.05) is 68.4 Å². The molecule has 10 nitrogen and oxygen atoms in total. The minimum atomic E-state index is -0.942. The van der Waals surface area contributed by atoms with E-state index in [0.717, 1.165) is 16.7 Å². The van der Waals surface area contributed by atoms with Gasteiger partial charge in [0.15, 0.2) is 5.78 Å². The van der Waals surface area contributed by atoms with Crippen molar-refractivity contribution in [1.29, 1.82) is 0 Å². The molecule has 0 saturated carbocycles. The fourth-order valence-electron chi connectivity index (χ4n) is 5.71. The Balaban J connectivity index is 1.51. The van der Waals surface area contributed by atoms with Crippen LogP contribution in [-0.4, -0.2) is 51.7 Å². The van der Waals surface area contributed by atoms with E-state index < -0.39 is 23.9 Å². The van der Waals surface area contributed by atoms with E-state index in [1.807, 2.05) is 92.7 Å². The molecule has 4 aromatic rings. The zero-order valence-corrected chi connectivity index (χ0v) is 27.6. The van der Waals surface area contributed by atoms with E-state index in [4.69, 9.17) is 4.74 Å². The molecule has 1 aliphatic heterocycles. The summed E-state index contributed by atoms with van der Waals surface area (Å²) in [6.07, 6.45) is 4.32. The van der Waals surface area contributed by atoms with Gasteiger partial charge in [-0.2, -0.15) is 0 Å². The van der Waals surface area contributed by atoms with Gasteiger partial charge in [0.2, 0.25) is 11.8 Å². The van der Waals surface area contributed by atoms with Crippen LogP contribution in [0.5, 0.6) is 11.5 Å². The normalized spacial score (nSPS) is 18.5. The average molecular weight is 650 g/mol. The molecule has 5 rings (SSSR count). The molecule has 0 radical (unpaired) electrons. The molecule has 0 spiro atoms. The van der Waals surface area contributed by atoms with Gasteiger partial charge >= 0.3 is 0 Å². The Labute approximate surface area is 281 Å². The quantitative estimate of drug-likeness (QED) is 0.256. The molecule has 1 aliphatic rings. The second-order valence-electron chi connectivity index (χ2n) is 12.8. The van der Waals surface area contributed by atoms with E-state index in [0.29, 0.717) is 30.9 Å². The maximum Gasteiger partial charge on any atom is 0.272 e. The van der Waals surface area contributed by atoms with Crippen LogP contribution in [0, 0.1) is 11.8 Å². The number of amides is 3. The molecule has 3 amide bonds. The highest BCUT2D eigenvalue weighted by atomic mass is 16.5. The Bertz CT molecular complexity index is 1730. The Morgan fingerprint density at radius 3 is 2.27 bits per heavy atom. The first-order valence-corrected chi connectivity index (χ1v) is 16.4. The molecule has 0 unspecified atom stereocenters. The van der Waals surface area contributed by atoms with Gasteiger partial charge < -0.3 is 25.3 Å². The van der Waals surface area contributed by atoms with E-state index in [9.17, 15) is 19.2 Å². The van der Waals surface area contributed by atoms with Crippen LogP contribution < -0.4 is 20.7 Å². The van der Waals surface area contributed by atoms with Crippen LogP contribution in [0.2, 0.25) is 0 Å². The van der Waals surface area contributed by atoms with Crippen molar-refractivity contribution in [2.75, 3.05) is 6.54 Å². The summed E-state index contributed by atoms with van der Waals surface area (Å²) >= 11 is 0. The number of ketones is 1. The maximum absolute atomic E-state index is 14.1. The number of nitrogens with zero attached hydrogens (tertiary/aromatic N) is 2. The number of benzene rings is 3. The number of nitrogens with one attached hydrogen (secondary N) is 3. The van der Waals surface area contributed by atoms with Crippen LogP contribution in [0.25, 0.3) is 0 Å². The summed E-state index contributed by atoms with van der Waals surface area (Å²) in [5, 5.41) is 8.82. The minimum absolute atomic E-state index is 0.127. The van der Waals surface area contributed by atoms with Crippen molar-refractivity contribution in [3.63, 3.8) is 0 Å². The number of aromatic nitrogens is 2. The summed E-state index contributed by atoms with van der Waals surface area (Å²) in [4.78, 5) is 59.1. The van der Waals surface area contributed by atoms with E-state index >= 15 is 0 Å². The van der Waals surface area contributed by atoms with Gasteiger partial charge in [0.05, 0.1) is 12.4 Å². The number of aryl methyl sites for hydroxylation is 2. The van der Waals surface area contributed by atoms with E-state index in [2.05, 4.69) is 20.9 Å². The molecular formula is C38H43N5O5. The van der Waals surface area contributed by atoms with Crippen molar-refractivity contribution in [2.24, 2.45) is 18.9 Å². The van der Waals surface area contributed by atoms with Crippen LogP contribution in [0.4, 0.5) is 0 Å². The van der Waals surface area contributed by atoms with Crippen LogP contribution in [-0.2, 0) is 40.7 Å². The van der Waals surface area contributed by atoms with Gasteiger partial charge in [-0.15, -0.1) is 0 Å². The van der Waals surface area contributed by atoms with Gasteiger partial charge in [-0.25, -0.2) is 4.98 Å². The molecular weight excluding hydrogens is 606 g/mol. The molecule has 1 aromatic heterocycles. The first-order valence-electron chi connectivity index (χ1n) is 16.4. The molecule has 250 valence electrons. The van der Waals surface area contributed by atoms with Gasteiger partial charge in [-0.3, -0.25) is 19.2 Å². The van der Waals surface area contributed by atoms with E-state index in [1.165, 1.54) is 6.33 Å². The van der Waals surface area contributed by atoms with Crippen molar-refractivity contribution >= 4 is 23.5 Å². The number of imidazole rings is 1. The van der Waals surface area contributed by atoms with Crippen molar-refractivity contribution in [1.82, 2.24) is 25.5 Å². The standard InChI is InChI=1S/C38H43N5O5/c1-25(2)22-39-37(46)33-20-28-12-8-14-31(18-28)48-30-13-7-11-27(17-30)19-32(41-38(47)34-23-43(3)24-40-34)35(44)21-29(36(45)42-33)16-15-26-9-5-4-6-10-26/h4-14,17-18,23-25,29,32-33H,15-16,19-22H2,1-3H3,(H,39,46)(H,41,47)(H,42,45)/t29-,32+,33+/m1/s1. The Morgan fingerprint density at radius 1 is 0.938 bits per heavy atom. The first-order chi connectivity index (χ1) is 23.1. The number of carbonyl (C=O) groups is 4. The highest BCUT2D eigenvalue weighted by molar-refractivity contribution is 5.98. The number of Topliss-reactive ketones (excluding diaryl/α,β-unsaturated/α-hetero) is 1. The first kappa shape index (κ1) is 34.1. The van der Waals surface area contributed by atoms with Crippen molar-refractivity contribution in [2.45, 2.75) is 58.0 Å². The number of ether oxygens (including phenoxy) is 1. The third kappa shape index (κ3) is 9.63. The Hall–Kier alpha value is -5.25. The fourth-order valence-corrected chi connectivity index (χ4v) is 5.71. The summed E-state index contributed by atoms with van der Waals surface area (Å²) in [6, 6.07) is 22.8. The predicted molar refractivity (Wildman–Crippen MR) is 182 cm³/mol. The number of hydrogen-bond acceptors (Lipinski definition) is 6. The third-order valence-corrected chi connectivity index (χ3v) is 8.30. The Kier molecular flexibility index (Phi) is 11.4. The molecule has 2 heterocycles. The lowest BCUT2D eigenvalue weighted by Gasteiger charge is -2.25. The topological polar surface area (TPSA) is 131 Å². The van der Waals surface area contributed by atoms with Gasteiger partial charge in [0.1, 0.15) is 23.2 Å². The Morgan fingerprint density at radius 2 is 1.62 bits per heavy atom. The van der Waals surface area contributed by atoms with Crippen LogP contribution >= 0.6 is 0 Å². The fraction of sp³-hybridized carbons (Fsp3) is 0.342. The average Bonchev–Trinajstić information content (AvgIpc) is 3.51. The highest BCUT2D eigenvalue weighted by Crippen LogP contribution is 2.26. The lowest BCUT2D eigenvalue weighted by molar-refractivity contribution is -0.133. The van der Waals surface area contributed by atoms with Crippen molar-refractivity contribution in [3.05, 3.63) is 114 Å². The SMILES string of the molecule is CC(C)CNC(=O)[C@@H]1Cc2cccc(c2)Oc2cccc(c2)C[C@H](NC(=O)c2cn(C)cn2)C(=O)C[C@@H](CCc2ccccc2)C(=O)N1. The largest absolute Gasteiger partial charge is 0.457 e. The maximum atomic E-state index is 14.1.